The fourth-order valence-corrected chi connectivity index (χ4v) is 3.91. The molecule has 1 amide bonds. The lowest BCUT2D eigenvalue weighted by Crippen LogP contribution is -2.26. The van der Waals surface area contributed by atoms with E-state index in [0.29, 0.717) is 5.02 Å². The summed E-state index contributed by atoms with van der Waals surface area (Å²) in [7, 11) is 0. The van der Waals surface area contributed by atoms with Gasteiger partial charge in [0.1, 0.15) is 6.61 Å². The topological polar surface area (TPSA) is 95.5 Å². The van der Waals surface area contributed by atoms with E-state index in [1.807, 2.05) is 12.1 Å². The van der Waals surface area contributed by atoms with Crippen molar-refractivity contribution in [1.82, 2.24) is 15.2 Å². The summed E-state index contributed by atoms with van der Waals surface area (Å²) in [5.41, 5.74) is 1.57. The van der Waals surface area contributed by atoms with E-state index in [1.54, 1.807) is 12.1 Å². The van der Waals surface area contributed by atoms with E-state index in [2.05, 4.69) is 30.0 Å². The number of nitrogens with one attached hydrogen (secondary N) is 1. The Morgan fingerprint density at radius 3 is 2.74 bits per heavy atom. The molecule has 4 aromatic rings. The molecule has 5 rings (SSSR count). The van der Waals surface area contributed by atoms with Gasteiger partial charge in [0.2, 0.25) is 5.13 Å². The van der Waals surface area contributed by atoms with Gasteiger partial charge in [-0.05, 0) is 41.2 Å². The Hall–Kier alpha value is -3.83. The van der Waals surface area contributed by atoms with Gasteiger partial charge in [-0.2, -0.15) is 0 Å². The van der Waals surface area contributed by atoms with Gasteiger partial charge in [0.25, 0.3) is 11.1 Å². The number of pyridine rings is 1. The minimum atomic E-state index is -3.79. The second-order valence-electron chi connectivity index (χ2n) is 6.96. The molecule has 0 radical (unpaired) electrons. The number of carbonyl (C=O) groups is 1. The molecule has 172 valence electrons. The highest BCUT2D eigenvalue weighted by Gasteiger charge is 2.44. The van der Waals surface area contributed by atoms with E-state index >= 15 is 0 Å². The molecule has 0 bridgehead atoms. The van der Waals surface area contributed by atoms with Gasteiger partial charge in [0.15, 0.2) is 11.5 Å². The van der Waals surface area contributed by atoms with Crippen LogP contribution in [0.15, 0.2) is 60.9 Å². The number of para-hydroxylation sites is 1. The Morgan fingerprint density at radius 2 is 1.91 bits per heavy atom. The fraction of sp³-hybridized carbons (Fsp3) is 0.0909. The van der Waals surface area contributed by atoms with Crippen LogP contribution in [-0.2, 0) is 6.61 Å². The van der Waals surface area contributed by atoms with Crippen molar-refractivity contribution in [2.24, 2.45) is 0 Å². The second-order valence-corrected chi connectivity index (χ2v) is 8.34. The molecule has 0 spiro atoms. The number of halogens is 3. The van der Waals surface area contributed by atoms with Crippen molar-refractivity contribution >= 4 is 34.0 Å². The first-order chi connectivity index (χ1) is 16.4. The minimum absolute atomic E-state index is 0.135. The second kappa shape index (κ2) is 8.84. The van der Waals surface area contributed by atoms with Crippen molar-refractivity contribution in [1.29, 1.82) is 0 Å². The molecule has 1 N–H and O–H groups in total. The lowest BCUT2D eigenvalue weighted by molar-refractivity contribution is -0.286. The predicted molar refractivity (Wildman–Crippen MR) is 120 cm³/mol. The van der Waals surface area contributed by atoms with E-state index < -0.39 is 12.2 Å². The smallest absolute Gasteiger partial charge is 0.464 e. The lowest BCUT2D eigenvalue weighted by Gasteiger charge is -2.11. The molecule has 1 aliphatic rings. The van der Waals surface area contributed by atoms with Crippen LogP contribution in [0.25, 0.3) is 11.1 Å². The standard InChI is InChI=1S/C22H13ClF2N4O4S/c23-13-6-4-12(5-7-13)11-31-21-29-28-20(34-21)27-19(30)15-8-9-26-10-16(15)14-2-1-3-17-18(14)33-22(24,25)32-17/h1-10H,11H2,(H,27,28,30). The van der Waals surface area contributed by atoms with Gasteiger partial charge < -0.3 is 14.2 Å². The Bertz CT molecular complexity index is 1370. The third kappa shape index (κ3) is 4.61. The van der Waals surface area contributed by atoms with Crippen molar-refractivity contribution in [2.75, 3.05) is 5.32 Å². The number of anilines is 1. The third-order valence-corrected chi connectivity index (χ3v) is 5.69. The molecule has 1 aliphatic heterocycles. The first-order valence-electron chi connectivity index (χ1n) is 9.73. The molecule has 8 nitrogen and oxygen atoms in total. The minimum Gasteiger partial charge on any atom is -0.464 e. The van der Waals surface area contributed by atoms with Crippen molar-refractivity contribution in [3.05, 3.63) is 77.1 Å². The molecule has 0 fully saturated rings. The molecular formula is C22H13ClF2N4O4S. The van der Waals surface area contributed by atoms with Crippen LogP contribution in [0.1, 0.15) is 15.9 Å². The van der Waals surface area contributed by atoms with Gasteiger partial charge in [-0.15, -0.1) is 13.9 Å². The zero-order chi connectivity index (χ0) is 23.7. The van der Waals surface area contributed by atoms with Crippen molar-refractivity contribution in [2.45, 2.75) is 12.9 Å². The molecule has 0 aliphatic carbocycles. The van der Waals surface area contributed by atoms with E-state index in [-0.39, 0.29) is 45.1 Å². The molecule has 3 heterocycles. The summed E-state index contributed by atoms with van der Waals surface area (Å²) in [6, 6.07) is 13.0. The van der Waals surface area contributed by atoms with Crippen molar-refractivity contribution < 1.29 is 27.8 Å². The molecule has 2 aromatic carbocycles. The van der Waals surface area contributed by atoms with E-state index in [4.69, 9.17) is 16.3 Å². The summed E-state index contributed by atoms with van der Waals surface area (Å²) in [5, 5.41) is 11.5. The number of hydrogen-bond donors (Lipinski definition) is 1. The quantitative estimate of drug-likeness (QED) is 0.377. The van der Waals surface area contributed by atoms with Crippen LogP contribution >= 0.6 is 22.9 Å². The molecule has 0 unspecified atom stereocenters. The van der Waals surface area contributed by atoms with Crippen LogP contribution in [-0.4, -0.2) is 27.4 Å². The highest BCUT2D eigenvalue weighted by Crippen LogP contribution is 2.47. The number of carbonyl (C=O) groups excluding carboxylic acids is 1. The van der Waals surface area contributed by atoms with Crippen LogP contribution in [0, 0.1) is 0 Å². The normalized spacial score (nSPS) is 13.5. The first-order valence-corrected chi connectivity index (χ1v) is 10.9. The number of aromatic nitrogens is 3. The number of hydrogen-bond acceptors (Lipinski definition) is 8. The molecular weight excluding hydrogens is 490 g/mol. The number of ether oxygens (including phenoxy) is 3. The predicted octanol–water partition coefficient (Wildman–Crippen LogP) is 5.41. The van der Waals surface area contributed by atoms with E-state index in [1.165, 1.54) is 36.7 Å². The number of alkyl halides is 2. The Morgan fingerprint density at radius 1 is 1.09 bits per heavy atom. The van der Waals surface area contributed by atoms with Crippen molar-refractivity contribution in [3.63, 3.8) is 0 Å². The lowest BCUT2D eigenvalue weighted by atomic mass is 10.0. The average molecular weight is 503 g/mol. The summed E-state index contributed by atoms with van der Waals surface area (Å²) >= 11 is 6.91. The van der Waals surface area contributed by atoms with Gasteiger partial charge in [-0.1, -0.05) is 41.0 Å². The first kappa shape index (κ1) is 22.0. The Kier molecular flexibility index (Phi) is 5.72. The Balaban J connectivity index is 1.33. The van der Waals surface area contributed by atoms with Gasteiger partial charge in [-0.3, -0.25) is 15.1 Å². The summed E-state index contributed by atoms with van der Waals surface area (Å²) in [4.78, 5) is 17.0. The molecule has 0 saturated carbocycles. The summed E-state index contributed by atoms with van der Waals surface area (Å²) in [6.07, 6.45) is -1.00. The van der Waals surface area contributed by atoms with Gasteiger partial charge >= 0.3 is 6.29 Å². The van der Waals surface area contributed by atoms with Gasteiger partial charge in [0, 0.05) is 28.5 Å². The highest BCUT2D eigenvalue weighted by atomic mass is 35.5. The zero-order valence-electron chi connectivity index (χ0n) is 17.0. The third-order valence-electron chi connectivity index (χ3n) is 4.69. The maximum atomic E-state index is 13.6. The zero-order valence-corrected chi connectivity index (χ0v) is 18.6. The molecule has 12 heteroatoms. The highest BCUT2D eigenvalue weighted by molar-refractivity contribution is 7.17. The molecule has 0 atom stereocenters. The van der Waals surface area contributed by atoms with Crippen LogP contribution in [0.4, 0.5) is 13.9 Å². The number of amides is 1. The summed E-state index contributed by atoms with van der Waals surface area (Å²) < 4.78 is 42.0. The number of fused-ring (bicyclic) bond motifs is 1. The number of nitrogens with zero attached hydrogens (tertiary/aromatic N) is 3. The van der Waals surface area contributed by atoms with Crippen LogP contribution in [0.5, 0.6) is 16.7 Å². The molecule has 0 saturated heterocycles. The van der Waals surface area contributed by atoms with Crippen LogP contribution in [0.3, 0.4) is 0 Å². The van der Waals surface area contributed by atoms with Crippen LogP contribution < -0.4 is 19.5 Å². The maximum absolute atomic E-state index is 13.6. The van der Waals surface area contributed by atoms with Crippen LogP contribution in [0.2, 0.25) is 5.02 Å². The van der Waals surface area contributed by atoms with E-state index in [0.717, 1.165) is 16.9 Å². The largest absolute Gasteiger partial charge is 0.586 e. The Labute approximate surface area is 200 Å². The maximum Gasteiger partial charge on any atom is 0.586 e. The fourth-order valence-electron chi connectivity index (χ4n) is 3.20. The summed E-state index contributed by atoms with van der Waals surface area (Å²) in [6.45, 7) is 0.250. The van der Waals surface area contributed by atoms with Crippen molar-refractivity contribution in [3.8, 4) is 27.8 Å². The van der Waals surface area contributed by atoms with E-state index in [9.17, 15) is 13.6 Å². The van der Waals surface area contributed by atoms with Gasteiger partial charge in [0.05, 0.1) is 5.56 Å². The monoisotopic (exact) mass is 502 g/mol. The summed E-state index contributed by atoms with van der Waals surface area (Å²) in [5.74, 6) is -0.853. The number of rotatable bonds is 6. The molecule has 34 heavy (non-hydrogen) atoms. The molecule has 2 aromatic heterocycles. The average Bonchev–Trinajstić information content (AvgIpc) is 3.40. The van der Waals surface area contributed by atoms with Gasteiger partial charge in [-0.25, -0.2) is 0 Å². The SMILES string of the molecule is O=C(Nc1nnc(OCc2ccc(Cl)cc2)s1)c1ccncc1-c1cccc2c1OC(F)(F)O2. The number of benzene rings is 2.